The number of hydrogen-bond donors (Lipinski definition) is 0. The number of hydrogen-bond acceptors (Lipinski definition) is 5. The van der Waals surface area contributed by atoms with Crippen LogP contribution < -0.4 is 0 Å². The molecule has 1 aliphatic rings. The van der Waals surface area contributed by atoms with E-state index in [1.165, 1.54) is 23.7 Å². The first-order valence-electron chi connectivity index (χ1n) is 7.96. The maximum atomic E-state index is 12.3. The van der Waals surface area contributed by atoms with Crippen molar-refractivity contribution in [1.82, 2.24) is 15.1 Å². The van der Waals surface area contributed by atoms with Gasteiger partial charge in [0.25, 0.3) is 5.22 Å². The van der Waals surface area contributed by atoms with Crippen LogP contribution in [0.2, 0.25) is 0 Å². The zero-order valence-corrected chi connectivity index (χ0v) is 14.3. The molecule has 1 aromatic heterocycles. The molecule has 1 aliphatic heterocycles. The number of aromatic nitrogens is 2. The zero-order valence-electron chi connectivity index (χ0n) is 13.5. The number of likely N-dealkylation sites (tertiary alicyclic amines) is 1. The Bertz CT molecular complexity index is 669. The van der Waals surface area contributed by atoms with Gasteiger partial charge in [-0.05, 0) is 45.2 Å². The van der Waals surface area contributed by atoms with Crippen LogP contribution in [0, 0.1) is 6.92 Å². The number of carbonyl (C=O) groups is 1. The van der Waals surface area contributed by atoms with E-state index in [9.17, 15) is 4.79 Å². The van der Waals surface area contributed by atoms with Gasteiger partial charge in [-0.1, -0.05) is 29.5 Å². The fourth-order valence-electron chi connectivity index (χ4n) is 2.76. The molecule has 1 fully saturated rings. The molecule has 23 heavy (non-hydrogen) atoms. The Labute approximate surface area is 140 Å². The van der Waals surface area contributed by atoms with Crippen LogP contribution in [-0.2, 0) is 4.79 Å². The third-order valence-corrected chi connectivity index (χ3v) is 4.95. The highest BCUT2D eigenvalue weighted by atomic mass is 32.2. The average Bonchev–Trinajstić information content (AvgIpc) is 3.03. The van der Waals surface area contributed by atoms with E-state index < -0.39 is 0 Å². The third-order valence-electron chi connectivity index (χ3n) is 4.15. The minimum atomic E-state index is 0.150. The lowest BCUT2D eigenvalue weighted by molar-refractivity contribution is -0.131. The predicted octanol–water partition coefficient (Wildman–Crippen LogP) is 3.54. The quantitative estimate of drug-likeness (QED) is 0.802. The normalized spacial score (nSPS) is 18.2. The van der Waals surface area contributed by atoms with E-state index >= 15 is 0 Å². The summed E-state index contributed by atoms with van der Waals surface area (Å²) in [6, 6.07) is 8.26. The fourth-order valence-corrected chi connectivity index (χ4v) is 3.41. The summed E-state index contributed by atoms with van der Waals surface area (Å²) in [6.45, 7) is 5.01. The Morgan fingerprint density at radius 2 is 2.09 bits per heavy atom. The second-order valence-corrected chi connectivity index (χ2v) is 6.89. The first-order chi connectivity index (χ1) is 11.1. The van der Waals surface area contributed by atoms with E-state index in [0.29, 0.717) is 22.9 Å². The van der Waals surface area contributed by atoms with Crippen molar-refractivity contribution in [2.24, 2.45) is 0 Å². The van der Waals surface area contributed by atoms with Crippen LogP contribution >= 0.6 is 11.8 Å². The highest BCUT2D eigenvalue weighted by Gasteiger charge is 2.23. The molecule has 122 valence electrons. The second-order valence-electron chi connectivity index (χ2n) is 5.96. The van der Waals surface area contributed by atoms with Gasteiger partial charge in [0.2, 0.25) is 11.8 Å². The zero-order chi connectivity index (χ0) is 16.2. The Morgan fingerprint density at radius 3 is 2.83 bits per heavy atom. The lowest BCUT2D eigenvalue weighted by atomic mass is 10.0. The smallest absolute Gasteiger partial charge is 0.277 e. The first kappa shape index (κ1) is 16.1. The molecule has 1 amide bonds. The molecule has 0 N–H and O–H groups in total. The molecule has 0 aliphatic carbocycles. The average molecular weight is 331 g/mol. The van der Waals surface area contributed by atoms with Crippen LogP contribution in [0.15, 0.2) is 33.9 Å². The molecule has 1 saturated heterocycles. The van der Waals surface area contributed by atoms with Crippen molar-refractivity contribution in [1.29, 1.82) is 0 Å². The Balaban J connectivity index is 1.58. The lowest BCUT2D eigenvalue weighted by Gasteiger charge is -2.33. The number of carbonyl (C=O) groups excluding carboxylic acids is 1. The molecule has 1 aromatic carbocycles. The molecule has 0 saturated carbocycles. The van der Waals surface area contributed by atoms with Gasteiger partial charge in [0, 0.05) is 18.2 Å². The van der Waals surface area contributed by atoms with Gasteiger partial charge in [0.1, 0.15) is 0 Å². The van der Waals surface area contributed by atoms with Crippen LogP contribution in [0.3, 0.4) is 0 Å². The molecular formula is C17H21N3O2S. The maximum absolute atomic E-state index is 12.3. The molecule has 1 unspecified atom stereocenters. The third kappa shape index (κ3) is 3.93. The standard InChI is InChI=1S/C17H21N3O2S/c1-12-6-8-14(9-7-12)16-18-19-17(22-16)23-11-15(21)20-10-4-3-5-13(20)2/h6-9,13H,3-5,10-11H2,1-2H3. The molecule has 2 aromatic rings. The number of amides is 1. The van der Waals surface area contributed by atoms with Crippen molar-refractivity contribution >= 4 is 17.7 Å². The van der Waals surface area contributed by atoms with Crippen LogP contribution in [0.25, 0.3) is 11.5 Å². The number of nitrogens with zero attached hydrogens (tertiary/aromatic N) is 3. The minimum absolute atomic E-state index is 0.150. The van der Waals surface area contributed by atoms with Gasteiger partial charge < -0.3 is 9.32 Å². The molecule has 6 heteroatoms. The SMILES string of the molecule is Cc1ccc(-c2nnc(SCC(=O)N3CCCCC3C)o2)cc1. The molecule has 0 spiro atoms. The first-order valence-corrected chi connectivity index (χ1v) is 8.95. The summed E-state index contributed by atoms with van der Waals surface area (Å²) in [5.74, 6) is 0.989. The van der Waals surface area contributed by atoms with E-state index in [0.717, 1.165) is 24.9 Å². The summed E-state index contributed by atoms with van der Waals surface area (Å²) >= 11 is 1.31. The molecule has 0 radical (unpaired) electrons. The van der Waals surface area contributed by atoms with Gasteiger partial charge in [-0.3, -0.25) is 4.79 Å². The van der Waals surface area contributed by atoms with Gasteiger partial charge in [0.15, 0.2) is 0 Å². The highest BCUT2D eigenvalue weighted by Crippen LogP contribution is 2.24. The molecule has 2 heterocycles. The summed E-state index contributed by atoms with van der Waals surface area (Å²) in [6.07, 6.45) is 3.40. The van der Waals surface area contributed by atoms with Crippen molar-refractivity contribution in [3.05, 3.63) is 29.8 Å². The largest absolute Gasteiger partial charge is 0.411 e. The van der Waals surface area contributed by atoms with Crippen molar-refractivity contribution in [2.75, 3.05) is 12.3 Å². The van der Waals surface area contributed by atoms with Crippen molar-refractivity contribution < 1.29 is 9.21 Å². The van der Waals surface area contributed by atoms with E-state index in [1.807, 2.05) is 36.1 Å². The van der Waals surface area contributed by atoms with Gasteiger partial charge in [-0.2, -0.15) is 0 Å². The molecule has 3 rings (SSSR count). The predicted molar refractivity (Wildman–Crippen MR) is 90.2 cm³/mol. The van der Waals surface area contributed by atoms with Gasteiger partial charge in [-0.15, -0.1) is 10.2 Å². The Morgan fingerprint density at radius 1 is 1.30 bits per heavy atom. The van der Waals surface area contributed by atoms with Crippen molar-refractivity contribution in [3.63, 3.8) is 0 Å². The highest BCUT2D eigenvalue weighted by molar-refractivity contribution is 7.99. The van der Waals surface area contributed by atoms with E-state index in [1.54, 1.807) is 0 Å². The fraction of sp³-hybridized carbons (Fsp3) is 0.471. The summed E-state index contributed by atoms with van der Waals surface area (Å²) in [5.41, 5.74) is 2.08. The molecule has 1 atom stereocenters. The lowest BCUT2D eigenvalue weighted by Crippen LogP contribution is -2.42. The molecule has 5 nitrogen and oxygen atoms in total. The monoisotopic (exact) mass is 331 g/mol. The summed E-state index contributed by atoms with van der Waals surface area (Å²) < 4.78 is 5.64. The number of thioether (sulfide) groups is 1. The Hall–Kier alpha value is -1.82. The van der Waals surface area contributed by atoms with E-state index in [-0.39, 0.29) is 5.91 Å². The minimum Gasteiger partial charge on any atom is -0.411 e. The number of piperidine rings is 1. The van der Waals surface area contributed by atoms with Crippen LogP contribution in [-0.4, -0.2) is 39.3 Å². The van der Waals surface area contributed by atoms with Gasteiger partial charge >= 0.3 is 0 Å². The topological polar surface area (TPSA) is 59.2 Å². The van der Waals surface area contributed by atoms with E-state index in [4.69, 9.17) is 4.42 Å². The number of benzene rings is 1. The van der Waals surface area contributed by atoms with Crippen LogP contribution in [0.5, 0.6) is 0 Å². The molecule has 0 bridgehead atoms. The van der Waals surface area contributed by atoms with Crippen LogP contribution in [0.1, 0.15) is 31.7 Å². The van der Waals surface area contributed by atoms with Crippen molar-refractivity contribution in [2.45, 2.75) is 44.4 Å². The van der Waals surface area contributed by atoms with E-state index in [2.05, 4.69) is 17.1 Å². The number of aryl methyl sites for hydroxylation is 1. The van der Waals surface area contributed by atoms with Gasteiger partial charge in [-0.25, -0.2) is 0 Å². The molecular weight excluding hydrogens is 310 g/mol. The van der Waals surface area contributed by atoms with Gasteiger partial charge in [0.05, 0.1) is 5.75 Å². The summed E-state index contributed by atoms with van der Waals surface area (Å²) in [7, 11) is 0. The summed E-state index contributed by atoms with van der Waals surface area (Å²) in [4.78, 5) is 14.3. The summed E-state index contributed by atoms with van der Waals surface area (Å²) in [5, 5.41) is 8.53. The Kier molecular flexibility index (Phi) is 5.00. The maximum Gasteiger partial charge on any atom is 0.277 e. The number of rotatable bonds is 4. The second kappa shape index (κ2) is 7.17. The van der Waals surface area contributed by atoms with Crippen LogP contribution in [0.4, 0.5) is 0 Å². The van der Waals surface area contributed by atoms with Crippen molar-refractivity contribution in [3.8, 4) is 11.5 Å².